The van der Waals surface area contributed by atoms with Crippen molar-refractivity contribution in [1.82, 2.24) is 0 Å². The van der Waals surface area contributed by atoms with Crippen molar-refractivity contribution in [3.8, 4) is 5.75 Å². The molecule has 0 unspecified atom stereocenters. The van der Waals surface area contributed by atoms with Gasteiger partial charge in [0, 0.05) is 0 Å². The highest BCUT2D eigenvalue weighted by molar-refractivity contribution is 6.33. The number of halogens is 1. The Kier molecular flexibility index (Phi) is 5.02. The molecule has 0 heterocycles. The predicted octanol–water partition coefficient (Wildman–Crippen LogP) is 4.10. The first-order valence-electron chi connectivity index (χ1n) is 6.34. The van der Waals surface area contributed by atoms with Crippen molar-refractivity contribution in [2.24, 2.45) is 0 Å². The summed E-state index contributed by atoms with van der Waals surface area (Å²) in [6.07, 6.45) is 0. The molecule has 0 aliphatic heterocycles. The van der Waals surface area contributed by atoms with Gasteiger partial charge >= 0.3 is 5.97 Å². The van der Waals surface area contributed by atoms with E-state index >= 15 is 0 Å². The summed E-state index contributed by atoms with van der Waals surface area (Å²) in [5.74, 6) is 0.194. The lowest BCUT2D eigenvalue weighted by Crippen LogP contribution is -2.05. The zero-order chi connectivity index (χ0) is 14.4. The Morgan fingerprint density at radius 2 is 1.90 bits per heavy atom. The van der Waals surface area contributed by atoms with Crippen molar-refractivity contribution >= 4 is 17.6 Å². The van der Waals surface area contributed by atoms with E-state index in [2.05, 4.69) is 0 Å². The standard InChI is InChI=1S/C16H15ClO3/c1-2-19-16(18)14-9-8-13(10-15(14)17)20-11-12-6-4-3-5-7-12/h3-10H,2,11H2,1H3. The minimum Gasteiger partial charge on any atom is -0.489 e. The maximum atomic E-state index is 11.6. The number of hydrogen-bond donors (Lipinski definition) is 0. The molecule has 0 aliphatic carbocycles. The molecule has 0 saturated heterocycles. The molecular weight excluding hydrogens is 276 g/mol. The van der Waals surface area contributed by atoms with Gasteiger partial charge in [-0.3, -0.25) is 0 Å². The molecule has 0 fully saturated rings. The molecule has 104 valence electrons. The lowest BCUT2D eigenvalue weighted by molar-refractivity contribution is 0.0526. The highest BCUT2D eigenvalue weighted by Crippen LogP contribution is 2.24. The number of ether oxygens (including phenoxy) is 2. The van der Waals surface area contributed by atoms with Crippen molar-refractivity contribution in [2.45, 2.75) is 13.5 Å². The van der Waals surface area contributed by atoms with Gasteiger partial charge in [-0.15, -0.1) is 0 Å². The Bertz CT molecular complexity index is 582. The molecule has 4 heteroatoms. The molecular formula is C16H15ClO3. The fourth-order valence-corrected chi connectivity index (χ4v) is 1.95. The number of benzene rings is 2. The van der Waals surface area contributed by atoms with E-state index in [1.165, 1.54) is 0 Å². The fourth-order valence-electron chi connectivity index (χ4n) is 1.70. The van der Waals surface area contributed by atoms with Gasteiger partial charge < -0.3 is 9.47 Å². The maximum Gasteiger partial charge on any atom is 0.339 e. The van der Waals surface area contributed by atoms with Gasteiger partial charge in [0.25, 0.3) is 0 Å². The minimum atomic E-state index is -0.424. The summed E-state index contributed by atoms with van der Waals surface area (Å²) in [6, 6.07) is 14.8. The molecule has 20 heavy (non-hydrogen) atoms. The average molecular weight is 291 g/mol. The van der Waals surface area contributed by atoms with Crippen LogP contribution in [-0.4, -0.2) is 12.6 Å². The van der Waals surface area contributed by atoms with E-state index in [0.29, 0.717) is 29.5 Å². The quantitative estimate of drug-likeness (QED) is 0.778. The Hall–Kier alpha value is -2.00. The van der Waals surface area contributed by atoms with Crippen molar-refractivity contribution in [3.63, 3.8) is 0 Å². The number of carbonyl (C=O) groups excluding carboxylic acids is 1. The number of rotatable bonds is 5. The number of carbonyl (C=O) groups is 1. The van der Waals surface area contributed by atoms with Crippen LogP contribution in [0, 0.1) is 0 Å². The predicted molar refractivity (Wildman–Crippen MR) is 78.2 cm³/mol. The van der Waals surface area contributed by atoms with Crippen molar-refractivity contribution in [2.75, 3.05) is 6.61 Å². The van der Waals surface area contributed by atoms with Gasteiger partial charge in [0.1, 0.15) is 12.4 Å². The molecule has 0 bridgehead atoms. The molecule has 0 saturated carbocycles. The van der Waals surface area contributed by atoms with Crippen LogP contribution in [0.1, 0.15) is 22.8 Å². The monoisotopic (exact) mass is 290 g/mol. The van der Waals surface area contributed by atoms with Crippen LogP contribution in [0.3, 0.4) is 0 Å². The van der Waals surface area contributed by atoms with Crippen LogP contribution in [-0.2, 0) is 11.3 Å². The van der Waals surface area contributed by atoms with E-state index in [9.17, 15) is 4.79 Å². The van der Waals surface area contributed by atoms with Gasteiger partial charge in [-0.1, -0.05) is 41.9 Å². The second-order valence-electron chi connectivity index (χ2n) is 4.14. The summed E-state index contributed by atoms with van der Waals surface area (Å²) in [5, 5.41) is 0.328. The van der Waals surface area contributed by atoms with Crippen LogP contribution in [0.25, 0.3) is 0 Å². The average Bonchev–Trinajstić information content (AvgIpc) is 2.46. The third-order valence-corrected chi connectivity index (χ3v) is 3.00. The Labute approximate surface area is 123 Å². The smallest absolute Gasteiger partial charge is 0.339 e. The van der Waals surface area contributed by atoms with E-state index in [1.54, 1.807) is 25.1 Å². The molecule has 0 aromatic heterocycles. The molecule has 2 rings (SSSR count). The van der Waals surface area contributed by atoms with Crippen molar-refractivity contribution < 1.29 is 14.3 Å². The SMILES string of the molecule is CCOC(=O)c1ccc(OCc2ccccc2)cc1Cl. The van der Waals surface area contributed by atoms with Crippen LogP contribution in [0.2, 0.25) is 5.02 Å². The molecule has 0 radical (unpaired) electrons. The normalized spacial score (nSPS) is 10.1. The summed E-state index contributed by atoms with van der Waals surface area (Å²) in [4.78, 5) is 11.6. The van der Waals surface area contributed by atoms with Gasteiger partial charge in [0.15, 0.2) is 0 Å². The second-order valence-corrected chi connectivity index (χ2v) is 4.54. The van der Waals surface area contributed by atoms with Gasteiger partial charge in [0.05, 0.1) is 17.2 Å². The van der Waals surface area contributed by atoms with Crippen LogP contribution >= 0.6 is 11.6 Å². The lowest BCUT2D eigenvalue weighted by Gasteiger charge is -2.09. The highest BCUT2D eigenvalue weighted by Gasteiger charge is 2.12. The van der Waals surface area contributed by atoms with E-state index in [-0.39, 0.29) is 0 Å². The van der Waals surface area contributed by atoms with Gasteiger partial charge in [0.2, 0.25) is 0 Å². The van der Waals surface area contributed by atoms with Crippen LogP contribution in [0.15, 0.2) is 48.5 Å². The second kappa shape index (κ2) is 6.96. The molecule has 0 aliphatic rings. The molecule has 0 amide bonds. The molecule has 0 N–H and O–H groups in total. The van der Waals surface area contributed by atoms with E-state index in [0.717, 1.165) is 5.56 Å². The Balaban J connectivity index is 2.04. The first kappa shape index (κ1) is 14.4. The van der Waals surface area contributed by atoms with Crippen molar-refractivity contribution in [1.29, 1.82) is 0 Å². The molecule has 0 spiro atoms. The first-order valence-corrected chi connectivity index (χ1v) is 6.72. The topological polar surface area (TPSA) is 35.5 Å². The van der Waals surface area contributed by atoms with E-state index in [1.807, 2.05) is 30.3 Å². The Morgan fingerprint density at radius 1 is 1.15 bits per heavy atom. The molecule has 3 nitrogen and oxygen atoms in total. The van der Waals surface area contributed by atoms with E-state index in [4.69, 9.17) is 21.1 Å². The third kappa shape index (κ3) is 3.75. The van der Waals surface area contributed by atoms with Crippen LogP contribution in [0.4, 0.5) is 0 Å². The summed E-state index contributed by atoms with van der Waals surface area (Å²) < 4.78 is 10.5. The molecule has 2 aromatic carbocycles. The summed E-state index contributed by atoms with van der Waals surface area (Å²) in [5.41, 5.74) is 1.42. The fraction of sp³-hybridized carbons (Fsp3) is 0.188. The summed E-state index contributed by atoms with van der Waals surface area (Å²) in [7, 11) is 0. The molecule has 0 atom stereocenters. The van der Waals surface area contributed by atoms with Crippen LogP contribution in [0.5, 0.6) is 5.75 Å². The molecule has 2 aromatic rings. The van der Waals surface area contributed by atoms with Gasteiger partial charge in [-0.2, -0.15) is 0 Å². The van der Waals surface area contributed by atoms with Crippen LogP contribution < -0.4 is 4.74 Å². The number of esters is 1. The summed E-state index contributed by atoms with van der Waals surface area (Å²) >= 11 is 6.06. The number of hydrogen-bond acceptors (Lipinski definition) is 3. The third-order valence-electron chi connectivity index (χ3n) is 2.68. The highest BCUT2D eigenvalue weighted by atomic mass is 35.5. The minimum absolute atomic E-state index is 0.321. The zero-order valence-corrected chi connectivity index (χ0v) is 11.9. The first-order chi connectivity index (χ1) is 9.70. The summed E-state index contributed by atoms with van der Waals surface area (Å²) in [6.45, 7) is 2.53. The van der Waals surface area contributed by atoms with E-state index < -0.39 is 5.97 Å². The largest absolute Gasteiger partial charge is 0.489 e. The van der Waals surface area contributed by atoms with Gasteiger partial charge in [-0.05, 0) is 30.7 Å². The zero-order valence-electron chi connectivity index (χ0n) is 11.1. The Morgan fingerprint density at radius 3 is 2.55 bits per heavy atom. The maximum absolute atomic E-state index is 11.6. The lowest BCUT2D eigenvalue weighted by atomic mass is 10.2. The van der Waals surface area contributed by atoms with Crippen molar-refractivity contribution in [3.05, 3.63) is 64.7 Å². The van der Waals surface area contributed by atoms with Gasteiger partial charge in [-0.25, -0.2) is 4.79 Å².